The second kappa shape index (κ2) is 11.6. The van der Waals surface area contributed by atoms with Gasteiger partial charge >= 0.3 is 0 Å². The van der Waals surface area contributed by atoms with E-state index in [1.807, 2.05) is 48.5 Å². The second-order valence-electron chi connectivity index (χ2n) is 8.88. The molecule has 0 spiro atoms. The first-order valence-corrected chi connectivity index (χ1v) is 13.8. The minimum Gasteiger partial charge on any atom is -0.289 e. The quantitative estimate of drug-likeness (QED) is 0.173. The molecule has 0 heterocycles. The Kier molecular flexibility index (Phi) is 7.84. The zero-order chi connectivity index (χ0) is 28.2. The Morgan fingerprint density at radius 3 is 1.12 bits per heavy atom. The molecule has 0 radical (unpaired) electrons. The number of rotatable bonds is 6. The summed E-state index contributed by atoms with van der Waals surface area (Å²) < 4.78 is 1.65. The van der Waals surface area contributed by atoms with Crippen LogP contribution >= 0.6 is 31.9 Å². The lowest BCUT2D eigenvalue weighted by Gasteiger charge is -2.22. The SMILES string of the molecule is N#Cc1c(C#N)c(C(=O)c2ccccc2)c(-c2ccc(Br)cc2)c(-c2ccc(Br)cc2)c1C(=O)c1ccccc1. The van der Waals surface area contributed by atoms with Gasteiger partial charge in [-0.1, -0.05) is 117 Å². The third-order valence-corrected chi connectivity index (χ3v) is 7.57. The number of hydrogen-bond donors (Lipinski definition) is 0. The topological polar surface area (TPSA) is 81.7 Å². The Hall–Kier alpha value is -4.62. The summed E-state index contributed by atoms with van der Waals surface area (Å²) in [5.41, 5.74) is 2.72. The maximum Gasteiger partial charge on any atom is 0.195 e. The maximum atomic E-state index is 14.2. The average Bonchev–Trinajstić information content (AvgIpc) is 3.00. The lowest BCUT2D eigenvalue weighted by atomic mass is 9.77. The van der Waals surface area contributed by atoms with Crippen LogP contribution in [0.1, 0.15) is 43.0 Å². The molecule has 0 saturated heterocycles. The number of hydrogen-bond acceptors (Lipinski definition) is 4. The molecule has 0 aliphatic rings. The Morgan fingerprint density at radius 2 is 0.825 bits per heavy atom. The summed E-state index contributed by atoms with van der Waals surface area (Å²) in [6.07, 6.45) is 0. The van der Waals surface area contributed by atoms with E-state index in [0.717, 1.165) is 8.95 Å². The Labute approximate surface area is 248 Å². The molecule has 5 aromatic rings. The molecule has 0 unspecified atom stereocenters. The first kappa shape index (κ1) is 27.0. The van der Waals surface area contributed by atoms with Gasteiger partial charge in [0.15, 0.2) is 11.6 Å². The van der Waals surface area contributed by atoms with Gasteiger partial charge in [-0.2, -0.15) is 10.5 Å². The molecule has 40 heavy (non-hydrogen) atoms. The second-order valence-corrected chi connectivity index (χ2v) is 10.7. The molecule has 190 valence electrons. The summed E-state index contributed by atoms with van der Waals surface area (Å²) in [5, 5.41) is 20.9. The summed E-state index contributed by atoms with van der Waals surface area (Å²) in [6.45, 7) is 0. The van der Waals surface area contributed by atoms with E-state index in [4.69, 9.17) is 0 Å². The molecular weight excluding hydrogens is 628 g/mol. The van der Waals surface area contributed by atoms with E-state index >= 15 is 0 Å². The van der Waals surface area contributed by atoms with Crippen LogP contribution in [0.4, 0.5) is 0 Å². The van der Waals surface area contributed by atoms with Gasteiger partial charge in [-0.25, -0.2) is 0 Å². The van der Waals surface area contributed by atoms with Gasteiger partial charge in [0.2, 0.25) is 0 Å². The lowest BCUT2D eigenvalue weighted by molar-refractivity contribution is 0.102. The molecule has 0 amide bonds. The summed E-state index contributed by atoms with van der Waals surface area (Å²) in [5.74, 6) is -0.827. The van der Waals surface area contributed by atoms with E-state index in [1.54, 1.807) is 60.7 Å². The van der Waals surface area contributed by atoms with E-state index in [0.29, 0.717) is 33.4 Å². The van der Waals surface area contributed by atoms with Crippen molar-refractivity contribution in [1.29, 1.82) is 10.5 Å². The maximum absolute atomic E-state index is 14.2. The predicted molar refractivity (Wildman–Crippen MR) is 162 cm³/mol. The minimum absolute atomic E-state index is 0.0788. The van der Waals surface area contributed by atoms with Gasteiger partial charge in [0.25, 0.3) is 0 Å². The molecule has 0 bridgehead atoms. The molecular formula is C34H18Br2N2O2. The van der Waals surface area contributed by atoms with Gasteiger partial charge in [0.1, 0.15) is 12.1 Å². The van der Waals surface area contributed by atoms with Crippen LogP contribution in [0.2, 0.25) is 0 Å². The Bertz CT molecular complexity index is 1700. The Morgan fingerprint density at radius 1 is 0.500 bits per heavy atom. The van der Waals surface area contributed by atoms with Gasteiger partial charge < -0.3 is 0 Å². The molecule has 6 heteroatoms. The molecule has 0 N–H and O–H groups in total. The van der Waals surface area contributed by atoms with Crippen molar-refractivity contribution in [2.75, 3.05) is 0 Å². The number of carbonyl (C=O) groups is 2. The molecule has 5 rings (SSSR count). The van der Waals surface area contributed by atoms with E-state index in [2.05, 4.69) is 44.0 Å². The number of halogens is 2. The molecule has 4 nitrogen and oxygen atoms in total. The van der Waals surface area contributed by atoms with Crippen LogP contribution in [0.3, 0.4) is 0 Å². The first-order valence-electron chi connectivity index (χ1n) is 12.2. The number of ketones is 2. The molecule has 5 aromatic carbocycles. The van der Waals surface area contributed by atoms with Crippen molar-refractivity contribution in [3.63, 3.8) is 0 Å². The van der Waals surface area contributed by atoms with Crippen molar-refractivity contribution in [1.82, 2.24) is 0 Å². The summed E-state index contributed by atoms with van der Waals surface area (Å²) in [4.78, 5) is 28.4. The lowest BCUT2D eigenvalue weighted by Crippen LogP contribution is -2.16. The highest BCUT2D eigenvalue weighted by molar-refractivity contribution is 9.10. The smallest absolute Gasteiger partial charge is 0.195 e. The predicted octanol–water partition coefficient (Wildman–Crippen LogP) is 8.75. The molecule has 0 saturated carbocycles. The molecule has 0 aliphatic heterocycles. The summed E-state index contributed by atoms with van der Waals surface area (Å²) >= 11 is 6.94. The molecule has 0 aliphatic carbocycles. The van der Waals surface area contributed by atoms with Crippen LogP contribution in [0, 0.1) is 22.7 Å². The van der Waals surface area contributed by atoms with Gasteiger partial charge in [-0.3, -0.25) is 9.59 Å². The average molecular weight is 646 g/mol. The van der Waals surface area contributed by atoms with Gasteiger partial charge in [-0.05, 0) is 35.4 Å². The normalized spacial score (nSPS) is 10.4. The monoisotopic (exact) mass is 644 g/mol. The van der Waals surface area contributed by atoms with Gasteiger partial charge in [0, 0.05) is 31.2 Å². The molecule has 0 atom stereocenters. The van der Waals surface area contributed by atoms with Crippen LogP contribution in [0.5, 0.6) is 0 Å². The third kappa shape index (κ3) is 5.03. The van der Waals surface area contributed by atoms with E-state index < -0.39 is 11.6 Å². The van der Waals surface area contributed by atoms with E-state index in [1.165, 1.54) is 0 Å². The van der Waals surface area contributed by atoms with Crippen molar-refractivity contribution in [3.05, 3.63) is 152 Å². The van der Waals surface area contributed by atoms with Crippen molar-refractivity contribution >= 4 is 43.4 Å². The number of benzene rings is 5. The van der Waals surface area contributed by atoms with Crippen molar-refractivity contribution in [2.24, 2.45) is 0 Å². The van der Waals surface area contributed by atoms with E-state index in [-0.39, 0.29) is 22.3 Å². The van der Waals surface area contributed by atoms with E-state index in [9.17, 15) is 20.1 Å². The zero-order valence-electron chi connectivity index (χ0n) is 20.9. The van der Waals surface area contributed by atoms with Gasteiger partial charge in [0.05, 0.1) is 22.3 Å². The zero-order valence-corrected chi connectivity index (χ0v) is 24.0. The van der Waals surface area contributed by atoms with Crippen LogP contribution < -0.4 is 0 Å². The number of nitrogens with zero attached hydrogens (tertiary/aromatic N) is 2. The summed E-state index contributed by atoms with van der Waals surface area (Å²) in [6, 6.07) is 36.1. The first-order chi connectivity index (χ1) is 19.4. The summed E-state index contributed by atoms with van der Waals surface area (Å²) in [7, 11) is 0. The fourth-order valence-corrected chi connectivity index (χ4v) is 5.23. The van der Waals surface area contributed by atoms with Crippen LogP contribution in [0.15, 0.2) is 118 Å². The van der Waals surface area contributed by atoms with Crippen molar-refractivity contribution in [2.45, 2.75) is 0 Å². The fraction of sp³-hybridized carbons (Fsp3) is 0. The standard InChI is InChI=1S/C34H18Br2N2O2/c35-25-15-11-21(12-16-25)29-30(22-13-17-26(36)18-14-22)32(34(40)24-9-5-2-6-10-24)28(20-38)27(19-37)31(29)33(39)23-7-3-1-4-8-23/h1-18H. The van der Waals surface area contributed by atoms with Crippen molar-refractivity contribution in [3.8, 4) is 34.4 Å². The van der Waals surface area contributed by atoms with Crippen LogP contribution in [0.25, 0.3) is 22.3 Å². The van der Waals surface area contributed by atoms with Gasteiger partial charge in [-0.15, -0.1) is 0 Å². The molecule has 0 fully saturated rings. The van der Waals surface area contributed by atoms with Crippen LogP contribution in [-0.4, -0.2) is 11.6 Å². The van der Waals surface area contributed by atoms with Crippen molar-refractivity contribution < 1.29 is 9.59 Å². The largest absolute Gasteiger partial charge is 0.289 e. The highest BCUT2D eigenvalue weighted by atomic mass is 79.9. The van der Waals surface area contributed by atoms with Crippen LogP contribution in [-0.2, 0) is 0 Å². The molecule has 0 aromatic heterocycles. The highest BCUT2D eigenvalue weighted by Crippen LogP contribution is 2.44. The Balaban J connectivity index is 2.02. The number of nitriles is 2. The minimum atomic E-state index is -0.413. The number of carbonyl (C=O) groups excluding carboxylic acids is 2. The third-order valence-electron chi connectivity index (χ3n) is 6.52. The fourth-order valence-electron chi connectivity index (χ4n) is 4.71. The highest BCUT2D eigenvalue weighted by Gasteiger charge is 2.32.